The van der Waals surface area contributed by atoms with Gasteiger partial charge in [0.25, 0.3) is 0 Å². The molecule has 0 saturated carbocycles. The van der Waals surface area contributed by atoms with Crippen LogP contribution in [0.3, 0.4) is 0 Å². The van der Waals surface area contributed by atoms with Gasteiger partial charge in [-0.2, -0.15) is 11.8 Å². The minimum atomic E-state index is -0.291. The minimum Gasteiger partial charge on any atom is -0.357 e. The maximum Gasteiger partial charge on any atom is 0.224 e. The number of hydrogen-bond acceptors (Lipinski definition) is 3. The predicted molar refractivity (Wildman–Crippen MR) is 107 cm³/mol. The Labute approximate surface area is 159 Å². The fraction of sp³-hybridized carbons (Fsp3) is 0.579. The molecule has 1 aromatic rings. The molecule has 1 aliphatic rings. The van der Waals surface area contributed by atoms with Crippen LogP contribution in [-0.2, 0) is 11.2 Å². The lowest BCUT2D eigenvalue weighted by molar-refractivity contribution is -0.120. The first kappa shape index (κ1) is 20.6. The second-order valence-corrected chi connectivity index (χ2v) is 7.64. The average Bonchev–Trinajstić information content (AvgIpc) is 2.66. The zero-order valence-electron chi connectivity index (χ0n) is 15.6. The molecular formula is C19H29FN4OS. The maximum atomic E-state index is 12.9. The highest BCUT2D eigenvalue weighted by atomic mass is 32.2. The quantitative estimate of drug-likeness (QED) is 0.433. The summed E-state index contributed by atoms with van der Waals surface area (Å²) >= 11 is 2.03. The highest BCUT2D eigenvalue weighted by Gasteiger charge is 2.21. The second kappa shape index (κ2) is 11.1. The van der Waals surface area contributed by atoms with Crippen LogP contribution in [0.25, 0.3) is 0 Å². The number of benzene rings is 1. The first-order valence-electron chi connectivity index (χ1n) is 9.28. The van der Waals surface area contributed by atoms with Crippen molar-refractivity contribution in [1.82, 2.24) is 15.5 Å². The van der Waals surface area contributed by atoms with Gasteiger partial charge in [-0.1, -0.05) is 19.1 Å². The summed E-state index contributed by atoms with van der Waals surface area (Å²) in [5.74, 6) is 1.69. The number of halogens is 1. The average molecular weight is 381 g/mol. The van der Waals surface area contributed by atoms with E-state index in [4.69, 9.17) is 0 Å². The number of nitrogens with zero attached hydrogens (tertiary/aromatic N) is 2. The molecule has 1 heterocycles. The van der Waals surface area contributed by atoms with Crippen LogP contribution < -0.4 is 10.6 Å². The summed E-state index contributed by atoms with van der Waals surface area (Å²) in [5, 5.41) is 6.88. The van der Waals surface area contributed by atoms with E-state index >= 15 is 0 Å². The van der Waals surface area contributed by atoms with Crippen LogP contribution >= 0.6 is 11.8 Å². The first-order valence-corrected chi connectivity index (χ1v) is 10.3. The number of guanidine groups is 1. The molecule has 0 bridgehead atoms. The Bertz CT molecular complexity index is 594. The van der Waals surface area contributed by atoms with Gasteiger partial charge in [-0.15, -0.1) is 0 Å². The first-order chi connectivity index (χ1) is 12.6. The fourth-order valence-electron chi connectivity index (χ4n) is 2.79. The van der Waals surface area contributed by atoms with Crippen molar-refractivity contribution >= 4 is 23.6 Å². The number of nitrogens with one attached hydrogen (secondary N) is 2. The number of amides is 1. The van der Waals surface area contributed by atoms with Crippen LogP contribution in [0.1, 0.15) is 25.8 Å². The monoisotopic (exact) mass is 380 g/mol. The molecule has 0 radical (unpaired) electrons. The summed E-state index contributed by atoms with van der Waals surface area (Å²) in [6.45, 7) is 8.18. The van der Waals surface area contributed by atoms with E-state index in [-0.39, 0.29) is 18.1 Å². The molecule has 2 rings (SSSR count). The molecule has 5 nitrogen and oxygen atoms in total. The van der Waals surface area contributed by atoms with Crippen LogP contribution in [0.2, 0.25) is 0 Å². The van der Waals surface area contributed by atoms with Crippen molar-refractivity contribution in [3.05, 3.63) is 35.6 Å². The summed E-state index contributed by atoms with van der Waals surface area (Å²) < 4.78 is 12.9. The Morgan fingerprint density at radius 1 is 1.31 bits per heavy atom. The molecule has 144 valence electrons. The smallest absolute Gasteiger partial charge is 0.224 e. The van der Waals surface area contributed by atoms with Gasteiger partial charge in [-0.25, -0.2) is 4.39 Å². The molecule has 1 atom stereocenters. The van der Waals surface area contributed by atoms with E-state index in [0.717, 1.165) is 36.9 Å². The number of rotatable bonds is 7. The van der Waals surface area contributed by atoms with Gasteiger partial charge in [0.1, 0.15) is 5.82 Å². The van der Waals surface area contributed by atoms with E-state index in [2.05, 4.69) is 34.4 Å². The van der Waals surface area contributed by atoms with Crippen LogP contribution in [0.4, 0.5) is 4.39 Å². The Morgan fingerprint density at radius 2 is 2.08 bits per heavy atom. The molecule has 0 aromatic heterocycles. The highest BCUT2D eigenvalue weighted by molar-refractivity contribution is 8.00. The molecule has 0 spiro atoms. The molecule has 1 unspecified atom stereocenters. The number of carbonyl (C=O) groups excluding carboxylic acids is 1. The van der Waals surface area contributed by atoms with Gasteiger partial charge in [0.2, 0.25) is 5.91 Å². The predicted octanol–water partition coefficient (Wildman–Crippen LogP) is 2.28. The van der Waals surface area contributed by atoms with E-state index in [1.54, 1.807) is 12.1 Å². The molecule has 1 fully saturated rings. The van der Waals surface area contributed by atoms with Crippen molar-refractivity contribution in [2.24, 2.45) is 4.99 Å². The zero-order valence-corrected chi connectivity index (χ0v) is 16.4. The second-order valence-electron chi connectivity index (χ2n) is 6.24. The standard InChI is InChI=1S/C19H29FN4OS/c1-3-17-14-24(11-12-26-17)19(21-4-2)23-10-9-22-18(25)13-15-5-7-16(20)8-6-15/h5-8,17H,3-4,9-14H2,1-2H3,(H,21,23)(H,22,25). The molecule has 1 amide bonds. The van der Waals surface area contributed by atoms with Gasteiger partial charge in [-0.3, -0.25) is 9.79 Å². The van der Waals surface area contributed by atoms with Crippen molar-refractivity contribution < 1.29 is 9.18 Å². The normalized spacial score (nSPS) is 17.9. The molecule has 0 aliphatic carbocycles. The Balaban J connectivity index is 1.78. The summed E-state index contributed by atoms with van der Waals surface area (Å²) in [6, 6.07) is 6.01. The van der Waals surface area contributed by atoms with E-state index in [1.165, 1.54) is 18.6 Å². The Kier molecular flexibility index (Phi) is 8.74. The maximum absolute atomic E-state index is 12.9. The van der Waals surface area contributed by atoms with Crippen molar-refractivity contribution in [3.63, 3.8) is 0 Å². The molecule has 2 N–H and O–H groups in total. The number of hydrogen-bond donors (Lipinski definition) is 2. The lowest BCUT2D eigenvalue weighted by atomic mass is 10.1. The van der Waals surface area contributed by atoms with Gasteiger partial charge in [0.05, 0.1) is 13.0 Å². The Morgan fingerprint density at radius 3 is 2.77 bits per heavy atom. The van der Waals surface area contributed by atoms with Crippen LogP contribution in [-0.4, -0.2) is 60.5 Å². The van der Waals surface area contributed by atoms with Gasteiger partial charge in [0, 0.05) is 37.2 Å². The van der Waals surface area contributed by atoms with Crippen LogP contribution in [0, 0.1) is 5.82 Å². The lowest BCUT2D eigenvalue weighted by Gasteiger charge is -2.34. The SMILES string of the molecule is CCNC(=NCCNC(=O)Cc1ccc(F)cc1)N1CCSC(CC)C1. The molecule has 1 aliphatic heterocycles. The van der Waals surface area contributed by atoms with Crippen molar-refractivity contribution in [1.29, 1.82) is 0 Å². The molecule has 1 aromatic carbocycles. The lowest BCUT2D eigenvalue weighted by Crippen LogP contribution is -2.48. The van der Waals surface area contributed by atoms with E-state index < -0.39 is 0 Å². The van der Waals surface area contributed by atoms with Gasteiger partial charge >= 0.3 is 0 Å². The zero-order chi connectivity index (χ0) is 18.8. The molecule has 26 heavy (non-hydrogen) atoms. The van der Waals surface area contributed by atoms with E-state index in [1.807, 2.05) is 11.8 Å². The third kappa shape index (κ3) is 6.86. The largest absolute Gasteiger partial charge is 0.357 e. The third-order valence-corrected chi connectivity index (χ3v) is 5.57. The van der Waals surface area contributed by atoms with Gasteiger partial charge in [-0.05, 0) is 31.0 Å². The van der Waals surface area contributed by atoms with Crippen molar-refractivity contribution in [2.45, 2.75) is 31.9 Å². The highest BCUT2D eigenvalue weighted by Crippen LogP contribution is 2.20. The van der Waals surface area contributed by atoms with Crippen molar-refractivity contribution in [3.8, 4) is 0 Å². The van der Waals surface area contributed by atoms with Crippen LogP contribution in [0.5, 0.6) is 0 Å². The summed E-state index contributed by atoms with van der Waals surface area (Å²) in [4.78, 5) is 18.9. The number of aliphatic imine (C=N–C) groups is 1. The van der Waals surface area contributed by atoms with E-state index in [0.29, 0.717) is 18.3 Å². The summed E-state index contributed by atoms with van der Waals surface area (Å²) in [7, 11) is 0. The van der Waals surface area contributed by atoms with Crippen molar-refractivity contribution in [2.75, 3.05) is 38.5 Å². The van der Waals surface area contributed by atoms with E-state index in [9.17, 15) is 9.18 Å². The summed E-state index contributed by atoms with van der Waals surface area (Å²) in [5.41, 5.74) is 0.803. The number of carbonyl (C=O) groups is 1. The minimum absolute atomic E-state index is 0.0720. The summed E-state index contributed by atoms with van der Waals surface area (Å²) in [6.07, 6.45) is 1.42. The molecular weight excluding hydrogens is 351 g/mol. The molecule has 1 saturated heterocycles. The van der Waals surface area contributed by atoms with Crippen LogP contribution in [0.15, 0.2) is 29.3 Å². The molecule has 7 heteroatoms. The van der Waals surface area contributed by atoms with Gasteiger partial charge < -0.3 is 15.5 Å². The fourth-order valence-corrected chi connectivity index (χ4v) is 3.97. The third-order valence-electron chi connectivity index (χ3n) is 4.20. The van der Waals surface area contributed by atoms with Gasteiger partial charge in [0.15, 0.2) is 5.96 Å². The number of thioether (sulfide) groups is 1. The topological polar surface area (TPSA) is 56.7 Å². The Hall–Kier alpha value is -1.76.